The zero-order valence-corrected chi connectivity index (χ0v) is 10.2. The quantitative estimate of drug-likeness (QED) is 0.804. The lowest BCUT2D eigenvalue weighted by molar-refractivity contribution is -0.116. The van der Waals surface area contributed by atoms with E-state index in [1.165, 1.54) is 5.57 Å². The van der Waals surface area contributed by atoms with Crippen molar-refractivity contribution in [3.8, 4) is 6.07 Å². The summed E-state index contributed by atoms with van der Waals surface area (Å²) in [6.07, 6.45) is 3.27. The molecule has 0 aliphatic rings. The third-order valence-electron chi connectivity index (χ3n) is 2.22. The Labute approximate surface area is 102 Å². The van der Waals surface area contributed by atoms with E-state index < -0.39 is 0 Å². The molecule has 1 aromatic rings. The van der Waals surface area contributed by atoms with Crippen molar-refractivity contribution >= 4 is 11.6 Å². The Morgan fingerprint density at radius 1 is 1.35 bits per heavy atom. The lowest BCUT2D eigenvalue weighted by atomic mass is 10.2. The zero-order valence-electron chi connectivity index (χ0n) is 10.2. The molecule has 0 unspecified atom stereocenters. The van der Waals surface area contributed by atoms with Crippen molar-refractivity contribution in [2.24, 2.45) is 0 Å². The molecule has 3 heteroatoms. The van der Waals surface area contributed by atoms with Gasteiger partial charge in [0.1, 0.15) is 0 Å². The van der Waals surface area contributed by atoms with Gasteiger partial charge in [0.25, 0.3) is 0 Å². The molecule has 0 heterocycles. The molecular weight excluding hydrogens is 212 g/mol. The number of carbonyl (C=O) groups is 1. The van der Waals surface area contributed by atoms with Crippen LogP contribution in [0.2, 0.25) is 0 Å². The van der Waals surface area contributed by atoms with E-state index in [9.17, 15) is 4.79 Å². The van der Waals surface area contributed by atoms with Crippen molar-refractivity contribution in [2.75, 3.05) is 5.32 Å². The third kappa shape index (κ3) is 4.98. The number of hydrogen-bond acceptors (Lipinski definition) is 2. The molecule has 17 heavy (non-hydrogen) atoms. The number of nitrogens with zero attached hydrogens (tertiary/aromatic N) is 1. The second kappa shape index (κ2) is 6.49. The molecule has 1 N–H and O–H groups in total. The van der Waals surface area contributed by atoms with Crippen molar-refractivity contribution in [3.63, 3.8) is 0 Å². The summed E-state index contributed by atoms with van der Waals surface area (Å²) in [5, 5.41) is 11.4. The van der Waals surface area contributed by atoms with Crippen LogP contribution < -0.4 is 5.32 Å². The summed E-state index contributed by atoms with van der Waals surface area (Å²) in [5.74, 6) is -0.00722. The molecule has 0 saturated heterocycles. The maximum Gasteiger partial charge on any atom is 0.224 e. The van der Waals surface area contributed by atoms with Crippen molar-refractivity contribution < 1.29 is 4.79 Å². The average Bonchev–Trinajstić information content (AvgIpc) is 2.29. The fourth-order valence-corrected chi connectivity index (χ4v) is 1.34. The van der Waals surface area contributed by atoms with Crippen molar-refractivity contribution in [2.45, 2.75) is 26.7 Å². The first-order valence-corrected chi connectivity index (χ1v) is 5.55. The van der Waals surface area contributed by atoms with E-state index in [2.05, 4.69) is 5.32 Å². The molecule has 0 radical (unpaired) electrons. The van der Waals surface area contributed by atoms with E-state index in [1.54, 1.807) is 24.3 Å². The van der Waals surface area contributed by atoms with Gasteiger partial charge in [0.15, 0.2) is 0 Å². The highest BCUT2D eigenvalue weighted by molar-refractivity contribution is 5.90. The largest absolute Gasteiger partial charge is 0.326 e. The van der Waals surface area contributed by atoms with Crippen LogP contribution in [0, 0.1) is 11.3 Å². The molecule has 1 amide bonds. The molecule has 0 atom stereocenters. The third-order valence-corrected chi connectivity index (χ3v) is 2.22. The van der Waals surface area contributed by atoms with E-state index >= 15 is 0 Å². The summed E-state index contributed by atoms with van der Waals surface area (Å²) in [7, 11) is 0. The molecule has 0 bridgehead atoms. The molecule has 0 spiro atoms. The van der Waals surface area contributed by atoms with Crippen molar-refractivity contribution in [3.05, 3.63) is 41.5 Å². The van der Waals surface area contributed by atoms with Gasteiger partial charge in [-0.15, -0.1) is 0 Å². The second-order valence-electron chi connectivity index (χ2n) is 4.06. The molecule has 0 aromatic heterocycles. The van der Waals surface area contributed by atoms with Gasteiger partial charge in [0.2, 0.25) is 5.91 Å². The van der Waals surface area contributed by atoms with Gasteiger partial charge >= 0.3 is 0 Å². The number of carbonyl (C=O) groups excluding carboxylic acids is 1. The normalized spacial score (nSPS) is 9.24. The smallest absolute Gasteiger partial charge is 0.224 e. The minimum atomic E-state index is -0.00722. The SMILES string of the molecule is CC(C)=CCCC(=O)Nc1ccc(C#N)cc1. The first kappa shape index (κ1) is 13.0. The zero-order chi connectivity index (χ0) is 12.7. The fourth-order valence-electron chi connectivity index (χ4n) is 1.34. The molecule has 1 rings (SSSR count). The van der Waals surface area contributed by atoms with Crippen LogP contribution in [0.4, 0.5) is 5.69 Å². The number of nitrogens with one attached hydrogen (secondary N) is 1. The lowest BCUT2D eigenvalue weighted by Crippen LogP contribution is -2.10. The van der Waals surface area contributed by atoms with Crippen LogP contribution in [-0.2, 0) is 4.79 Å². The Morgan fingerprint density at radius 3 is 2.53 bits per heavy atom. The molecule has 0 aliphatic carbocycles. The molecular formula is C14H16N2O. The van der Waals surface area contributed by atoms with E-state index in [1.807, 2.05) is 26.0 Å². The van der Waals surface area contributed by atoms with E-state index in [4.69, 9.17) is 5.26 Å². The summed E-state index contributed by atoms with van der Waals surface area (Å²) in [6.45, 7) is 4.02. The van der Waals surface area contributed by atoms with Crippen LogP contribution in [0.5, 0.6) is 0 Å². The number of rotatable bonds is 4. The number of allylic oxidation sites excluding steroid dienone is 2. The summed E-state index contributed by atoms with van der Waals surface area (Å²) in [5.41, 5.74) is 2.54. The molecule has 0 fully saturated rings. The van der Waals surface area contributed by atoms with Crippen LogP contribution in [0.3, 0.4) is 0 Å². The van der Waals surface area contributed by atoms with Crippen LogP contribution in [0.25, 0.3) is 0 Å². The molecule has 1 aromatic carbocycles. The maximum absolute atomic E-state index is 11.5. The standard InChI is InChI=1S/C14H16N2O/c1-11(2)4-3-5-14(17)16-13-8-6-12(10-15)7-9-13/h4,6-9H,3,5H2,1-2H3,(H,16,17). The fraction of sp³-hybridized carbons (Fsp3) is 0.286. The maximum atomic E-state index is 11.5. The second-order valence-corrected chi connectivity index (χ2v) is 4.06. The van der Waals surface area contributed by atoms with Crippen LogP contribution >= 0.6 is 0 Å². The number of amides is 1. The Kier molecular flexibility index (Phi) is 4.96. The van der Waals surface area contributed by atoms with Gasteiger partial charge in [-0.2, -0.15) is 5.26 Å². The highest BCUT2D eigenvalue weighted by atomic mass is 16.1. The van der Waals surface area contributed by atoms with Gasteiger partial charge in [-0.1, -0.05) is 11.6 Å². The lowest BCUT2D eigenvalue weighted by Gasteiger charge is -2.03. The van der Waals surface area contributed by atoms with Gasteiger partial charge < -0.3 is 5.32 Å². The van der Waals surface area contributed by atoms with Gasteiger partial charge in [-0.3, -0.25) is 4.79 Å². The monoisotopic (exact) mass is 228 g/mol. The van der Waals surface area contributed by atoms with Gasteiger partial charge in [0, 0.05) is 12.1 Å². The van der Waals surface area contributed by atoms with Gasteiger partial charge in [-0.25, -0.2) is 0 Å². The van der Waals surface area contributed by atoms with E-state index in [0.717, 1.165) is 12.1 Å². The molecule has 0 aliphatic heterocycles. The Bertz CT molecular complexity index is 448. The van der Waals surface area contributed by atoms with E-state index in [-0.39, 0.29) is 5.91 Å². The average molecular weight is 228 g/mol. The number of anilines is 1. The van der Waals surface area contributed by atoms with Crippen molar-refractivity contribution in [1.29, 1.82) is 5.26 Å². The minimum absolute atomic E-state index is 0.00722. The minimum Gasteiger partial charge on any atom is -0.326 e. The Hall–Kier alpha value is -2.08. The summed E-state index contributed by atoms with van der Waals surface area (Å²) in [4.78, 5) is 11.5. The van der Waals surface area contributed by atoms with E-state index in [0.29, 0.717) is 12.0 Å². The van der Waals surface area contributed by atoms with Crippen LogP contribution in [0.15, 0.2) is 35.9 Å². The molecule has 3 nitrogen and oxygen atoms in total. The number of hydrogen-bond donors (Lipinski definition) is 1. The Balaban J connectivity index is 2.45. The summed E-state index contributed by atoms with van der Waals surface area (Å²) >= 11 is 0. The molecule has 88 valence electrons. The molecule has 0 saturated carbocycles. The Morgan fingerprint density at radius 2 is 2.00 bits per heavy atom. The van der Waals surface area contributed by atoms with Gasteiger partial charge in [-0.05, 0) is 44.5 Å². The number of benzene rings is 1. The first-order valence-electron chi connectivity index (χ1n) is 5.55. The highest BCUT2D eigenvalue weighted by Crippen LogP contribution is 2.09. The van der Waals surface area contributed by atoms with Crippen LogP contribution in [0.1, 0.15) is 32.3 Å². The highest BCUT2D eigenvalue weighted by Gasteiger charge is 2.00. The predicted octanol–water partition coefficient (Wildman–Crippen LogP) is 3.24. The topological polar surface area (TPSA) is 52.9 Å². The first-order chi connectivity index (χ1) is 8.11. The predicted molar refractivity (Wildman–Crippen MR) is 68.5 cm³/mol. The summed E-state index contributed by atoms with van der Waals surface area (Å²) in [6, 6.07) is 8.87. The van der Waals surface area contributed by atoms with Crippen LogP contribution in [-0.4, -0.2) is 5.91 Å². The number of nitriles is 1. The van der Waals surface area contributed by atoms with Crippen molar-refractivity contribution in [1.82, 2.24) is 0 Å². The summed E-state index contributed by atoms with van der Waals surface area (Å²) < 4.78 is 0. The van der Waals surface area contributed by atoms with Gasteiger partial charge in [0.05, 0.1) is 11.6 Å².